The Balaban J connectivity index is 2.66. The fourth-order valence-corrected chi connectivity index (χ4v) is 2.16. The molecule has 0 radical (unpaired) electrons. The van der Waals surface area contributed by atoms with Crippen LogP contribution in [0.5, 0.6) is 0 Å². The third kappa shape index (κ3) is 1.50. The first-order valence-corrected chi connectivity index (χ1v) is 4.81. The standard InChI is InChI=1S/C8H5ClN2OS/c9-6-1-2-13-7(6)5-3-10-4-11-8(5)12/h1-4H,(H,10,11,12). The van der Waals surface area contributed by atoms with Gasteiger partial charge in [0.15, 0.2) is 0 Å². The average molecular weight is 213 g/mol. The Morgan fingerprint density at radius 3 is 3.00 bits per heavy atom. The van der Waals surface area contributed by atoms with Gasteiger partial charge in [-0.15, -0.1) is 11.3 Å². The fourth-order valence-electron chi connectivity index (χ4n) is 0.992. The number of thiophene rings is 1. The zero-order valence-corrected chi connectivity index (χ0v) is 8.02. The van der Waals surface area contributed by atoms with Crippen molar-refractivity contribution in [2.75, 3.05) is 0 Å². The maximum atomic E-state index is 11.3. The van der Waals surface area contributed by atoms with Gasteiger partial charge in [-0.2, -0.15) is 0 Å². The molecule has 5 heteroatoms. The van der Waals surface area contributed by atoms with Gasteiger partial charge in [0.2, 0.25) is 0 Å². The van der Waals surface area contributed by atoms with Crippen molar-refractivity contribution in [1.82, 2.24) is 9.97 Å². The van der Waals surface area contributed by atoms with Gasteiger partial charge in [0.05, 0.1) is 21.8 Å². The van der Waals surface area contributed by atoms with Crippen LogP contribution in [-0.2, 0) is 0 Å². The van der Waals surface area contributed by atoms with Crippen molar-refractivity contribution in [3.63, 3.8) is 0 Å². The zero-order valence-electron chi connectivity index (χ0n) is 6.45. The topological polar surface area (TPSA) is 45.8 Å². The number of hydrogen-bond donors (Lipinski definition) is 1. The number of hydrogen-bond acceptors (Lipinski definition) is 3. The summed E-state index contributed by atoms with van der Waals surface area (Å²) in [6, 6.07) is 1.76. The highest BCUT2D eigenvalue weighted by atomic mass is 35.5. The molecule has 2 aromatic rings. The van der Waals surface area contributed by atoms with E-state index >= 15 is 0 Å². The minimum Gasteiger partial charge on any atom is -0.313 e. The van der Waals surface area contributed by atoms with Crippen LogP contribution in [0.15, 0.2) is 28.8 Å². The van der Waals surface area contributed by atoms with E-state index in [4.69, 9.17) is 11.6 Å². The molecule has 13 heavy (non-hydrogen) atoms. The second-order valence-electron chi connectivity index (χ2n) is 2.39. The van der Waals surface area contributed by atoms with Gasteiger partial charge < -0.3 is 4.98 Å². The number of aromatic nitrogens is 2. The van der Waals surface area contributed by atoms with Crippen LogP contribution in [0.1, 0.15) is 0 Å². The molecule has 1 N–H and O–H groups in total. The molecule has 66 valence electrons. The van der Waals surface area contributed by atoms with Crippen molar-refractivity contribution < 1.29 is 0 Å². The van der Waals surface area contributed by atoms with E-state index in [1.54, 1.807) is 6.07 Å². The molecule has 0 aliphatic heterocycles. The van der Waals surface area contributed by atoms with Crippen molar-refractivity contribution in [3.8, 4) is 10.4 Å². The molecule has 0 saturated heterocycles. The summed E-state index contributed by atoms with van der Waals surface area (Å²) in [4.78, 5) is 18.4. The van der Waals surface area contributed by atoms with Gasteiger partial charge in [-0.05, 0) is 11.4 Å². The molecule has 0 aliphatic carbocycles. The molecule has 0 unspecified atom stereocenters. The number of halogens is 1. The van der Waals surface area contributed by atoms with E-state index in [2.05, 4.69) is 9.97 Å². The monoisotopic (exact) mass is 212 g/mol. The van der Waals surface area contributed by atoms with Gasteiger partial charge in [-0.1, -0.05) is 11.6 Å². The summed E-state index contributed by atoms with van der Waals surface area (Å²) in [5, 5.41) is 2.42. The normalized spacial score (nSPS) is 10.2. The van der Waals surface area contributed by atoms with Crippen molar-refractivity contribution in [3.05, 3.63) is 39.3 Å². The van der Waals surface area contributed by atoms with E-state index in [9.17, 15) is 4.79 Å². The number of H-pyrrole nitrogens is 1. The lowest BCUT2D eigenvalue weighted by molar-refractivity contribution is 1.12. The first-order chi connectivity index (χ1) is 6.29. The molecule has 0 atom stereocenters. The molecule has 3 nitrogen and oxygen atoms in total. The SMILES string of the molecule is O=c1[nH]cncc1-c1sccc1Cl. The summed E-state index contributed by atoms with van der Waals surface area (Å²) in [5.74, 6) is 0. The van der Waals surface area contributed by atoms with Crippen molar-refractivity contribution >= 4 is 22.9 Å². The molecule has 0 saturated carbocycles. The summed E-state index contributed by atoms with van der Waals surface area (Å²) in [5.41, 5.74) is 0.349. The van der Waals surface area contributed by atoms with Crippen LogP contribution >= 0.6 is 22.9 Å². The fraction of sp³-hybridized carbons (Fsp3) is 0. The van der Waals surface area contributed by atoms with Crippen molar-refractivity contribution in [2.24, 2.45) is 0 Å². The minimum atomic E-state index is -0.167. The van der Waals surface area contributed by atoms with Crippen molar-refractivity contribution in [2.45, 2.75) is 0 Å². The van der Waals surface area contributed by atoms with Crippen LogP contribution in [0.4, 0.5) is 0 Å². The van der Waals surface area contributed by atoms with Crippen LogP contribution < -0.4 is 5.56 Å². The molecule has 0 spiro atoms. The van der Waals surface area contributed by atoms with Gasteiger partial charge in [-0.25, -0.2) is 4.98 Å². The van der Waals surface area contributed by atoms with Gasteiger partial charge in [0, 0.05) is 6.20 Å². The maximum absolute atomic E-state index is 11.3. The second-order valence-corrected chi connectivity index (χ2v) is 3.72. The predicted octanol–water partition coefficient (Wildman–Crippen LogP) is 2.15. The Bertz CT molecular complexity index is 477. The lowest BCUT2D eigenvalue weighted by Crippen LogP contribution is -2.07. The third-order valence-corrected chi connectivity index (χ3v) is 2.95. The van der Waals surface area contributed by atoms with E-state index in [1.807, 2.05) is 5.38 Å². The molecule has 0 fully saturated rings. The predicted molar refractivity (Wildman–Crippen MR) is 53.2 cm³/mol. The second kappa shape index (κ2) is 3.32. The number of aromatic amines is 1. The lowest BCUT2D eigenvalue weighted by atomic mass is 10.3. The first kappa shape index (κ1) is 8.47. The highest BCUT2D eigenvalue weighted by molar-refractivity contribution is 7.14. The summed E-state index contributed by atoms with van der Waals surface area (Å²) in [6.07, 6.45) is 2.86. The average Bonchev–Trinajstić information content (AvgIpc) is 2.52. The summed E-state index contributed by atoms with van der Waals surface area (Å²) < 4.78 is 0. The molecule has 0 amide bonds. The highest BCUT2D eigenvalue weighted by Gasteiger charge is 2.08. The van der Waals surface area contributed by atoms with Gasteiger partial charge in [0.25, 0.3) is 5.56 Å². The van der Waals surface area contributed by atoms with Crippen LogP contribution in [0.2, 0.25) is 5.02 Å². The maximum Gasteiger partial charge on any atom is 0.259 e. The summed E-state index contributed by atoms with van der Waals surface area (Å²) in [6.45, 7) is 0. The first-order valence-electron chi connectivity index (χ1n) is 3.55. The van der Waals surface area contributed by atoms with Gasteiger partial charge in [-0.3, -0.25) is 4.79 Å². The van der Waals surface area contributed by atoms with E-state index < -0.39 is 0 Å². The van der Waals surface area contributed by atoms with Crippen molar-refractivity contribution in [1.29, 1.82) is 0 Å². The minimum absolute atomic E-state index is 0.167. The smallest absolute Gasteiger partial charge is 0.259 e. The van der Waals surface area contributed by atoms with E-state index in [0.717, 1.165) is 4.88 Å². The molecular formula is C8H5ClN2OS. The van der Waals surface area contributed by atoms with Gasteiger partial charge in [0.1, 0.15) is 0 Å². The Hall–Kier alpha value is -1.13. The Labute approximate surface area is 83.0 Å². The molecular weight excluding hydrogens is 208 g/mol. The molecule has 2 aromatic heterocycles. The third-order valence-electron chi connectivity index (χ3n) is 1.58. The van der Waals surface area contributed by atoms with Gasteiger partial charge >= 0.3 is 0 Å². The quantitative estimate of drug-likeness (QED) is 0.788. The number of nitrogens with one attached hydrogen (secondary N) is 1. The highest BCUT2D eigenvalue weighted by Crippen LogP contribution is 2.30. The Kier molecular flexibility index (Phi) is 2.16. The van der Waals surface area contributed by atoms with Crippen LogP contribution in [0.25, 0.3) is 10.4 Å². The largest absolute Gasteiger partial charge is 0.313 e. The van der Waals surface area contributed by atoms with Crippen LogP contribution in [0, 0.1) is 0 Å². The Morgan fingerprint density at radius 1 is 1.54 bits per heavy atom. The van der Waals surface area contributed by atoms with E-state index in [1.165, 1.54) is 23.9 Å². The summed E-state index contributed by atoms with van der Waals surface area (Å²) in [7, 11) is 0. The van der Waals surface area contributed by atoms with E-state index in [0.29, 0.717) is 10.6 Å². The van der Waals surface area contributed by atoms with Crippen LogP contribution in [0.3, 0.4) is 0 Å². The summed E-state index contributed by atoms with van der Waals surface area (Å²) >= 11 is 7.30. The Morgan fingerprint density at radius 2 is 2.38 bits per heavy atom. The molecule has 2 rings (SSSR count). The lowest BCUT2D eigenvalue weighted by Gasteiger charge is -1.94. The number of rotatable bonds is 1. The molecule has 2 heterocycles. The van der Waals surface area contributed by atoms with Crippen LogP contribution in [-0.4, -0.2) is 9.97 Å². The van der Waals surface area contributed by atoms with E-state index in [-0.39, 0.29) is 5.56 Å². The molecule has 0 aromatic carbocycles. The molecule has 0 bridgehead atoms. The zero-order chi connectivity index (χ0) is 9.26. The number of nitrogens with zero attached hydrogens (tertiary/aromatic N) is 1. The molecule has 0 aliphatic rings.